The lowest BCUT2D eigenvalue weighted by atomic mass is 9.82. The fraction of sp³-hybridized carbons (Fsp3) is 0.432. The van der Waals surface area contributed by atoms with Gasteiger partial charge in [-0.25, -0.2) is 0 Å². The number of aliphatic hydroxyl groups excluding tert-OH is 1. The van der Waals surface area contributed by atoms with E-state index in [4.69, 9.17) is 18.9 Å². The Kier molecular flexibility index (Phi) is 9.39. The van der Waals surface area contributed by atoms with Gasteiger partial charge in [0.25, 0.3) is 11.8 Å². The van der Waals surface area contributed by atoms with Gasteiger partial charge < -0.3 is 29.0 Å². The quantitative estimate of drug-likeness (QED) is 0.171. The Morgan fingerprint density at radius 2 is 1.77 bits per heavy atom. The van der Waals surface area contributed by atoms with Crippen LogP contribution in [0.1, 0.15) is 38.2 Å². The van der Waals surface area contributed by atoms with E-state index in [1.807, 2.05) is 54.6 Å². The first-order valence-corrected chi connectivity index (χ1v) is 19.7. The van der Waals surface area contributed by atoms with Gasteiger partial charge in [0.05, 0.1) is 39.8 Å². The van der Waals surface area contributed by atoms with Crippen LogP contribution in [0.4, 0.5) is 17.1 Å². The third-order valence-electron chi connectivity index (χ3n) is 10.4. The summed E-state index contributed by atoms with van der Waals surface area (Å²) in [6.45, 7) is 6.92. The van der Waals surface area contributed by atoms with Gasteiger partial charge in [0.15, 0.2) is 12.2 Å². The predicted octanol–water partition coefficient (Wildman–Crippen LogP) is 5.04. The average molecular weight is 673 g/mol. The maximum atomic E-state index is 14.9. The number of para-hydroxylation sites is 2. The largest absolute Gasteiger partial charge is 0.497 e. The van der Waals surface area contributed by atoms with Gasteiger partial charge in [-0.1, -0.05) is 49.5 Å². The van der Waals surface area contributed by atoms with Crippen molar-refractivity contribution in [3.63, 3.8) is 0 Å². The van der Waals surface area contributed by atoms with E-state index in [-0.39, 0.29) is 55.0 Å². The fourth-order valence-electron chi connectivity index (χ4n) is 8.09. The smallest absolute Gasteiger partial charge is 0.305 e. The highest BCUT2D eigenvalue weighted by atomic mass is 28.3. The first-order chi connectivity index (χ1) is 23.1. The van der Waals surface area contributed by atoms with Gasteiger partial charge in [-0.3, -0.25) is 19.3 Å². The molecule has 0 saturated carbocycles. The van der Waals surface area contributed by atoms with E-state index in [1.54, 1.807) is 16.9 Å². The molecule has 1 saturated heterocycles. The summed E-state index contributed by atoms with van der Waals surface area (Å²) in [6, 6.07) is 21.3. The summed E-state index contributed by atoms with van der Waals surface area (Å²) in [5.74, 6) is 0.476. The highest BCUT2D eigenvalue weighted by Gasteiger charge is 2.66. The number of carbonyl (C=O) groups excluding carboxylic acids is 3. The van der Waals surface area contributed by atoms with E-state index >= 15 is 0 Å². The Hall–Kier alpha value is -4.19. The van der Waals surface area contributed by atoms with Crippen molar-refractivity contribution in [1.82, 2.24) is 0 Å². The number of aliphatic hydroxyl groups is 1. The molecule has 3 heterocycles. The van der Waals surface area contributed by atoms with Crippen molar-refractivity contribution in [3.05, 3.63) is 72.3 Å². The highest BCUT2D eigenvalue weighted by molar-refractivity contribution is 6.91. The Balaban J connectivity index is 1.45. The minimum Gasteiger partial charge on any atom is -0.497 e. The number of unbranched alkanes of at least 4 members (excludes halogenated alkanes) is 1. The summed E-state index contributed by atoms with van der Waals surface area (Å²) in [6.07, 6.45) is 1.44. The number of benzene rings is 3. The minimum absolute atomic E-state index is 0.0245. The molecule has 2 amide bonds. The van der Waals surface area contributed by atoms with Crippen molar-refractivity contribution in [2.24, 2.45) is 5.92 Å². The molecule has 1 fully saturated rings. The van der Waals surface area contributed by atoms with Gasteiger partial charge in [0, 0.05) is 36.7 Å². The van der Waals surface area contributed by atoms with E-state index < -0.39 is 13.7 Å². The molecule has 0 bridgehead atoms. The molecule has 4 atom stereocenters. The molecule has 6 rings (SSSR count). The van der Waals surface area contributed by atoms with Gasteiger partial charge >= 0.3 is 5.97 Å². The van der Waals surface area contributed by atoms with Crippen molar-refractivity contribution in [3.8, 4) is 11.5 Å². The topological polar surface area (TPSA) is 115 Å². The third-order valence-corrected chi connectivity index (χ3v) is 14.8. The number of anilines is 3. The molecule has 0 unspecified atom stereocenters. The zero-order chi connectivity index (χ0) is 34.2. The molecule has 3 aliphatic heterocycles. The highest BCUT2D eigenvalue weighted by Crippen LogP contribution is 2.60. The molecule has 3 aromatic rings. The van der Waals surface area contributed by atoms with E-state index in [2.05, 4.69) is 32.2 Å². The Labute approximate surface area is 282 Å². The Bertz CT molecular complexity index is 1690. The summed E-state index contributed by atoms with van der Waals surface area (Å²) >= 11 is 0. The number of rotatable bonds is 11. The summed E-state index contributed by atoms with van der Waals surface area (Å²) in [4.78, 5) is 43.5. The van der Waals surface area contributed by atoms with Crippen molar-refractivity contribution < 1.29 is 38.4 Å². The molecule has 3 aliphatic rings. The van der Waals surface area contributed by atoms with Crippen LogP contribution in [0.3, 0.4) is 0 Å². The minimum atomic E-state index is -2.36. The number of fused-ring (bicyclic) bond motifs is 3. The molecule has 48 heavy (non-hydrogen) atoms. The van der Waals surface area contributed by atoms with E-state index in [0.717, 1.165) is 11.4 Å². The van der Waals surface area contributed by atoms with Crippen molar-refractivity contribution >= 4 is 48.1 Å². The van der Waals surface area contributed by atoms with E-state index in [0.29, 0.717) is 48.5 Å². The Morgan fingerprint density at radius 3 is 2.48 bits per heavy atom. The van der Waals surface area contributed by atoms with Gasteiger partial charge in [0.1, 0.15) is 11.5 Å². The number of methoxy groups -OCH3 is 2. The van der Waals surface area contributed by atoms with Crippen molar-refractivity contribution in [2.75, 3.05) is 43.8 Å². The summed E-state index contributed by atoms with van der Waals surface area (Å²) < 4.78 is 23.0. The van der Waals surface area contributed by atoms with Crippen LogP contribution in [0, 0.1) is 5.92 Å². The van der Waals surface area contributed by atoms with Crippen LogP contribution in [0.25, 0.3) is 0 Å². The third kappa shape index (κ3) is 5.57. The lowest BCUT2D eigenvalue weighted by Crippen LogP contribution is -2.52. The van der Waals surface area contributed by atoms with E-state index in [9.17, 15) is 19.5 Å². The van der Waals surface area contributed by atoms with Crippen LogP contribution >= 0.6 is 0 Å². The summed E-state index contributed by atoms with van der Waals surface area (Å²) in [5, 5.41) is 11.5. The molecular weight excluding hydrogens is 628 g/mol. The number of hydrogen-bond donors (Lipinski definition) is 1. The molecule has 0 aromatic heterocycles. The standard InChI is InChI=1S/C37H44N2O8Si/c1-24-35(48(4,5)27-16-14-26(44-2)15-17-27)32(19-21-40)47-37(24)28-22-25(39-30-10-6-7-11-31(30)46-23-33(39)41)13-18-29(28)38(36(37)43)20-9-8-12-34(42)45-3/h6-7,10-11,13-18,22,24,32,35,40H,8-9,12,19-21,23H2,1-5H3/t24-,32+,35-,37+/m0/s1. The van der Waals surface area contributed by atoms with Crippen LogP contribution < -0.4 is 24.5 Å². The zero-order valence-electron chi connectivity index (χ0n) is 28.2. The summed E-state index contributed by atoms with van der Waals surface area (Å²) in [7, 11) is 0.658. The molecule has 3 aromatic carbocycles. The SMILES string of the molecule is COC(=O)CCCCN1C(=O)[C@]2(O[C@H](CCO)[C@@H]([Si](C)(C)c3ccc(OC)cc3)[C@@H]2C)c2cc(N3C(=O)COc4ccccc43)ccc21. The van der Waals surface area contributed by atoms with Gasteiger partial charge in [-0.15, -0.1) is 0 Å². The normalized spacial score (nSPS) is 23.2. The van der Waals surface area contributed by atoms with Crippen LogP contribution in [0.5, 0.6) is 11.5 Å². The second-order valence-electron chi connectivity index (χ2n) is 13.3. The number of nitrogens with zero attached hydrogens (tertiary/aromatic N) is 2. The second kappa shape index (κ2) is 13.4. The van der Waals surface area contributed by atoms with Crippen LogP contribution in [0.2, 0.25) is 18.6 Å². The van der Waals surface area contributed by atoms with Crippen LogP contribution in [-0.2, 0) is 29.5 Å². The molecule has 1 N–H and O–H groups in total. The van der Waals surface area contributed by atoms with Gasteiger partial charge in [0.2, 0.25) is 0 Å². The molecule has 11 heteroatoms. The maximum absolute atomic E-state index is 14.9. The van der Waals surface area contributed by atoms with Crippen LogP contribution in [0.15, 0.2) is 66.7 Å². The molecule has 1 spiro atoms. The molecule has 10 nitrogen and oxygen atoms in total. The molecule has 0 aliphatic carbocycles. The van der Waals surface area contributed by atoms with Gasteiger partial charge in [-0.05, 0) is 67.3 Å². The monoisotopic (exact) mass is 672 g/mol. The molecule has 254 valence electrons. The lowest BCUT2D eigenvalue weighted by Gasteiger charge is -2.37. The van der Waals surface area contributed by atoms with E-state index in [1.165, 1.54) is 12.3 Å². The average Bonchev–Trinajstić information content (AvgIpc) is 3.52. The van der Waals surface area contributed by atoms with Crippen molar-refractivity contribution in [1.29, 1.82) is 0 Å². The number of hydrogen-bond acceptors (Lipinski definition) is 8. The lowest BCUT2D eigenvalue weighted by molar-refractivity contribution is -0.146. The number of ether oxygens (including phenoxy) is 4. The number of amides is 2. The Morgan fingerprint density at radius 1 is 1.02 bits per heavy atom. The van der Waals surface area contributed by atoms with Crippen LogP contribution in [-0.4, -0.2) is 71.0 Å². The summed E-state index contributed by atoms with van der Waals surface area (Å²) in [5.41, 5.74) is 1.35. The number of esters is 1. The van der Waals surface area contributed by atoms with Gasteiger partial charge in [-0.2, -0.15) is 0 Å². The van der Waals surface area contributed by atoms with Crippen molar-refractivity contribution in [2.45, 2.75) is 62.9 Å². The molecule has 0 radical (unpaired) electrons. The second-order valence-corrected chi connectivity index (χ2v) is 18.0. The maximum Gasteiger partial charge on any atom is 0.305 e. The first-order valence-electron chi connectivity index (χ1n) is 16.6. The predicted molar refractivity (Wildman–Crippen MR) is 185 cm³/mol. The first kappa shape index (κ1) is 33.7. The molecular formula is C37H44N2O8Si. The zero-order valence-corrected chi connectivity index (χ0v) is 29.2. The fourth-order valence-corrected chi connectivity index (χ4v) is 12.1. The number of carbonyl (C=O) groups is 3.